The van der Waals surface area contributed by atoms with Crippen molar-refractivity contribution in [1.82, 2.24) is 15.1 Å². The third kappa shape index (κ3) is 3.29. The van der Waals surface area contributed by atoms with E-state index in [2.05, 4.69) is 10.4 Å². The van der Waals surface area contributed by atoms with E-state index >= 15 is 0 Å². The zero-order chi connectivity index (χ0) is 12.3. The summed E-state index contributed by atoms with van der Waals surface area (Å²) in [6.07, 6.45) is 6.59. The third-order valence-corrected chi connectivity index (χ3v) is 4.88. The lowest BCUT2D eigenvalue weighted by atomic mass is 10.2. The first-order chi connectivity index (χ1) is 8.11. The van der Waals surface area contributed by atoms with Crippen molar-refractivity contribution in [3.63, 3.8) is 0 Å². The van der Waals surface area contributed by atoms with Gasteiger partial charge in [-0.05, 0) is 38.4 Å². The molecule has 0 bridgehead atoms. The number of aryl methyl sites for hydroxylation is 1. The zero-order valence-corrected chi connectivity index (χ0v) is 10.9. The highest BCUT2D eigenvalue weighted by atomic mass is 32.2. The van der Waals surface area contributed by atoms with Gasteiger partial charge in [-0.25, -0.2) is 8.42 Å². The molecule has 1 aliphatic heterocycles. The Balaban J connectivity index is 1.94. The van der Waals surface area contributed by atoms with Gasteiger partial charge in [0.25, 0.3) is 0 Å². The average Bonchev–Trinajstić information content (AvgIpc) is 2.85. The molecule has 96 valence electrons. The number of rotatable bonds is 5. The van der Waals surface area contributed by atoms with Crippen LogP contribution in [0.4, 0.5) is 0 Å². The normalized spacial score (nSPS) is 23.0. The Hall–Kier alpha value is -0.880. The van der Waals surface area contributed by atoms with Crippen molar-refractivity contribution in [3.8, 4) is 0 Å². The Morgan fingerprint density at radius 2 is 2.41 bits per heavy atom. The van der Waals surface area contributed by atoms with Gasteiger partial charge in [-0.15, -0.1) is 0 Å². The highest BCUT2D eigenvalue weighted by Crippen LogP contribution is 2.23. The molecule has 1 saturated heterocycles. The fourth-order valence-electron chi connectivity index (χ4n) is 2.16. The van der Waals surface area contributed by atoms with Crippen LogP contribution in [-0.4, -0.2) is 43.3 Å². The topological polar surface area (TPSA) is 64.0 Å². The molecular formula is C11H19N3O2S. The second kappa shape index (κ2) is 5.18. The Morgan fingerprint density at radius 3 is 3.06 bits per heavy atom. The monoisotopic (exact) mass is 257 g/mol. The summed E-state index contributed by atoms with van der Waals surface area (Å²) in [4.78, 5) is 0. The van der Waals surface area contributed by atoms with Crippen LogP contribution in [0.2, 0.25) is 0 Å². The van der Waals surface area contributed by atoms with Crippen LogP contribution in [0.15, 0.2) is 12.4 Å². The van der Waals surface area contributed by atoms with Crippen molar-refractivity contribution >= 4 is 9.84 Å². The lowest BCUT2D eigenvalue weighted by Gasteiger charge is -2.07. The maximum absolute atomic E-state index is 11.4. The standard InChI is InChI=1S/C11H19N3O2S/c1-12-5-2-3-10-7-13-14(8-10)11-4-6-17(15,16)9-11/h7-8,11-12H,2-6,9H2,1H3. The van der Waals surface area contributed by atoms with Crippen LogP contribution >= 0.6 is 0 Å². The van der Waals surface area contributed by atoms with Crippen molar-refractivity contribution in [2.45, 2.75) is 25.3 Å². The van der Waals surface area contributed by atoms with Gasteiger partial charge < -0.3 is 5.32 Å². The fraction of sp³-hybridized carbons (Fsp3) is 0.727. The van der Waals surface area contributed by atoms with Crippen LogP contribution < -0.4 is 5.32 Å². The molecule has 1 aromatic heterocycles. The predicted octanol–water partition coefficient (Wildman–Crippen LogP) is 0.395. The van der Waals surface area contributed by atoms with Gasteiger partial charge >= 0.3 is 0 Å². The molecule has 2 heterocycles. The lowest BCUT2D eigenvalue weighted by Crippen LogP contribution is -2.11. The summed E-state index contributed by atoms with van der Waals surface area (Å²) in [5.74, 6) is 0.539. The number of nitrogens with one attached hydrogen (secondary N) is 1. The van der Waals surface area contributed by atoms with E-state index < -0.39 is 9.84 Å². The van der Waals surface area contributed by atoms with Gasteiger partial charge in [0.05, 0.1) is 23.7 Å². The zero-order valence-electron chi connectivity index (χ0n) is 10.1. The average molecular weight is 257 g/mol. The van der Waals surface area contributed by atoms with Crippen molar-refractivity contribution < 1.29 is 8.42 Å². The molecule has 5 nitrogen and oxygen atoms in total. The Bertz CT molecular complexity index is 467. The molecule has 0 radical (unpaired) electrons. The Labute approximate surface area is 102 Å². The van der Waals surface area contributed by atoms with Crippen LogP contribution in [0.25, 0.3) is 0 Å². The summed E-state index contributed by atoms with van der Waals surface area (Å²) >= 11 is 0. The molecule has 1 fully saturated rings. The molecular weight excluding hydrogens is 238 g/mol. The number of sulfone groups is 1. The molecule has 1 atom stereocenters. The minimum Gasteiger partial charge on any atom is -0.320 e. The number of hydrogen-bond donors (Lipinski definition) is 1. The third-order valence-electron chi connectivity index (χ3n) is 3.13. The highest BCUT2D eigenvalue weighted by molar-refractivity contribution is 7.91. The molecule has 1 unspecified atom stereocenters. The molecule has 1 aromatic rings. The van der Waals surface area contributed by atoms with E-state index in [0.717, 1.165) is 19.4 Å². The van der Waals surface area contributed by atoms with E-state index in [-0.39, 0.29) is 11.8 Å². The summed E-state index contributed by atoms with van der Waals surface area (Å²) in [5, 5.41) is 7.38. The van der Waals surface area contributed by atoms with E-state index in [9.17, 15) is 8.42 Å². The van der Waals surface area contributed by atoms with E-state index in [1.807, 2.05) is 24.1 Å². The van der Waals surface area contributed by atoms with E-state index in [1.54, 1.807) is 0 Å². The second-order valence-electron chi connectivity index (χ2n) is 4.59. The number of aromatic nitrogens is 2. The van der Waals surface area contributed by atoms with E-state index in [4.69, 9.17) is 0 Å². The SMILES string of the molecule is CNCCCc1cnn(C2CCS(=O)(=O)C2)c1. The molecule has 0 aromatic carbocycles. The first kappa shape index (κ1) is 12.6. The van der Waals surface area contributed by atoms with Crippen LogP contribution in [-0.2, 0) is 16.3 Å². The molecule has 0 amide bonds. The maximum Gasteiger partial charge on any atom is 0.152 e. The second-order valence-corrected chi connectivity index (χ2v) is 6.82. The van der Waals surface area contributed by atoms with Gasteiger partial charge in [0, 0.05) is 6.20 Å². The quantitative estimate of drug-likeness (QED) is 0.775. The molecule has 17 heavy (non-hydrogen) atoms. The smallest absolute Gasteiger partial charge is 0.152 e. The van der Waals surface area contributed by atoms with Gasteiger partial charge in [0.1, 0.15) is 0 Å². The van der Waals surface area contributed by atoms with Gasteiger partial charge in [-0.2, -0.15) is 5.10 Å². The van der Waals surface area contributed by atoms with Crippen molar-refractivity contribution in [3.05, 3.63) is 18.0 Å². The van der Waals surface area contributed by atoms with Gasteiger partial charge in [0.2, 0.25) is 0 Å². The minimum absolute atomic E-state index is 0.0399. The van der Waals surface area contributed by atoms with E-state index in [1.165, 1.54) is 5.56 Å². The first-order valence-electron chi connectivity index (χ1n) is 5.99. The van der Waals surface area contributed by atoms with Crippen molar-refractivity contribution in [2.24, 2.45) is 0 Å². The van der Waals surface area contributed by atoms with Gasteiger partial charge in [-0.3, -0.25) is 4.68 Å². The number of hydrogen-bond acceptors (Lipinski definition) is 4. The summed E-state index contributed by atoms with van der Waals surface area (Å²) in [7, 11) is -0.889. The molecule has 1 aliphatic rings. The molecule has 6 heteroatoms. The Morgan fingerprint density at radius 1 is 1.59 bits per heavy atom. The minimum atomic E-state index is -2.83. The van der Waals surface area contributed by atoms with Crippen LogP contribution in [0.5, 0.6) is 0 Å². The van der Waals surface area contributed by atoms with Gasteiger partial charge in [-0.1, -0.05) is 0 Å². The molecule has 0 aliphatic carbocycles. The lowest BCUT2D eigenvalue weighted by molar-refractivity contribution is 0.499. The van der Waals surface area contributed by atoms with Crippen molar-refractivity contribution in [2.75, 3.05) is 25.1 Å². The van der Waals surface area contributed by atoms with Crippen LogP contribution in [0.1, 0.15) is 24.4 Å². The van der Waals surface area contributed by atoms with Crippen LogP contribution in [0, 0.1) is 0 Å². The fourth-order valence-corrected chi connectivity index (χ4v) is 3.86. The molecule has 0 saturated carbocycles. The van der Waals surface area contributed by atoms with E-state index in [0.29, 0.717) is 12.2 Å². The highest BCUT2D eigenvalue weighted by Gasteiger charge is 2.29. The largest absolute Gasteiger partial charge is 0.320 e. The molecule has 0 spiro atoms. The predicted molar refractivity (Wildman–Crippen MR) is 66.8 cm³/mol. The summed E-state index contributed by atoms with van der Waals surface area (Å²) in [6, 6.07) is 0.0399. The maximum atomic E-state index is 11.4. The van der Waals surface area contributed by atoms with Crippen LogP contribution in [0.3, 0.4) is 0 Å². The molecule has 2 rings (SSSR count). The summed E-state index contributed by atoms with van der Waals surface area (Å²) < 4.78 is 24.6. The number of nitrogens with zero attached hydrogens (tertiary/aromatic N) is 2. The summed E-state index contributed by atoms with van der Waals surface area (Å²) in [6.45, 7) is 0.989. The first-order valence-corrected chi connectivity index (χ1v) is 7.81. The van der Waals surface area contributed by atoms with Gasteiger partial charge in [0.15, 0.2) is 9.84 Å². The summed E-state index contributed by atoms with van der Waals surface area (Å²) in [5.41, 5.74) is 1.18. The molecule has 1 N–H and O–H groups in total. The van der Waals surface area contributed by atoms with Crippen molar-refractivity contribution in [1.29, 1.82) is 0 Å². The Kier molecular flexibility index (Phi) is 3.83.